The Morgan fingerprint density at radius 3 is 2.25 bits per heavy atom. The highest BCUT2D eigenvalue weighted by Crippen LogP contribution is 2.31. The molecule has 2 heteroatoms. The lowest BCUT2D eigenvalue weighted by Gasteiger charge is -2.34. The van der Waals surface area contributed by atoms with Gasteiger partial charge < -0.3 is 10.2 Å². The van der Waals surface area contributed by atoms with Crippen LogP contribution >= 0.6 is 0 Å². The summed E-state index contributed by atoms with van der Waals surface area (Å²) >= 11 is 0. The lowest BCUT2D eigenvalue weighted by atomic mass is 9.96. The van der Waals surface area contributed by atoms with Gasteiger partial charge in [-0.15, -0.1) is 0 Å². The van der Waals surface area contributed by atoms with Gasteiger partial charge in [0.25, 0.3) is 0 Å². The fourth-order valence-electron chi connectivity index (χ4n) is 3.32. The van der Waals surface area contributed by atoms with Crippen LogP contribution in [0, 0.1) is 11.8 Å². The highest BCUT2D eigenvalue weighted by Gasteiger charge is 2.31. The summed E-state index contributed by atoms with van der Waals surface area (Å²) in [7, 11) is 0. The van der Waals surface area contributed by atoms with Crippen LogP contribution in [0.2, 0.25) is 0 Å². The van der Waals surface area contributed by atoms with Crippen molar-refractivity contribution in [3.63, 3.8) is 0 Å². The van der Waals surface area contributed by atoms with E-state index in [0.29, 0.717) is 0 Å². The SMILES string of the molecule is CCN1CCC(NC2CCC(C)C2C)CC1. The van der Waals surface area contributed by atoms with Crippen molar-refractivity contribution in [1.82, 2.24) is 10.2 Å². The molecule has 1 aliphatic carbocycles. The number of likely N-dealkylation sites (tertiary alicyclic amines) is 1. The number of hydrogen-bond acceptors (Lipinski definition) is 2. The zero-order valence-electron chi connectivity index (χ0n) is 11.2. The highest BCUT2D eigenvalue weighted by molar-refractivity contribution is 4.88. The second kappa shape index (κ2) is 5.50. The Hall–Kier alpha value is -0.0800. The van der Waals surface area contributed by atoms with Gasteiger partial charge in [-0.2, -0.15) is 0 Å². The first kappa shape index (κ1) is 12.4. The number of nitrogens with zero attached hydrogens (tertiary/aromatic N) is 1. The second-order valence-corrected chi connectivity index (χ2v) is 5.90. The van der Waals surface area contributed by atoms with Gasteiger partial charge in [0.15, 0.2) is 0 Å². The minimum absolute atomic E-state index is 0.792. The van der Waals surface area contributed by atoms with Crippen LogP contribution in [-0.2, 0) is 0 Å². The Balaban J connectivity index is 1.74. The lowest BCUT2D eigenvalue weighted by Crippen LogP contribution is -2.47. The molecule has 0 aromatic carbocycles. The molecule has 0 aromatic heterocycles. The third kappa shape index (κ3) is 2.78. The van der Waals surface area contributed by atoms with E-state index >= 15 is 0 Å². The minimum Gasteiger partial charge on any atom is -0.311 e. The van der Waals surface area contributed by atoms with Crippen molar-refractivity contribution in [2.45, 2.75) is 58.5 Å². The van der Waals surface area contributed by atoms with Crippen molar-refractivity contribution in [3.8, 4) is 0 Å². The largest absolute Gasteiger partial charge is 0.311 e. The van der Waals surface area contributed by atoms with Crippen LogP contribution in [0.3, 0.4) is 0 Å². The molecule has 1 saturated carbocycles. The van der Waals surface area contributed by atoms with E-state index in [-0.39, 0.29) is 0 Å². The first-order chi connectivity index (χ1) is 7.70. The highest BCUT2D eigenvalue weighted by atomic mass is 15.1. The molecule has 0 spiro atoms. The van der Waals surface area contributed by atoms with E-state index in [1.54, 1.807) is 0 Å². The zero-order valence-corrected chi connectivity index (χ0v) is 11.2. The molecule has 2 aliphatic rings. The predicted molar refractivity (Wildman–Crippen MR) is 69.6 cm³/mol. The van der Waals surface area contributed by atoms with Crippen molar-refractivity contribution < 1.29 is 0 Å². The van der Waals surface area contributed by atoms with Crippen LogP contribution < -0.4 is 5.32 Å². The summed E-state index contributed by atoms with van der Waals surface area (Å²) in [5, 5.41) is 3.92. The van der Waals surface area contributed by atoms with E-state index in [2.05, 4.69) is 31.0 Å². The van der Waals surface area contributed by atoms with Crippen LogP contribution in [-0.4, -0.2) is 36.6 Å². The van der Waals surface area contributed by atoms with Gasteiger partial charge in [-0.1, -0.05) is 20.8 Å². The molecule has 1 saturated heterocycles. The average molecular weight is 224 g/mol. The molecule has 0 amide bonds. The summed E-state index contributed by atoms with van der Waals surface area (Å²) in [4.78, 5) is 2.57. The quantitative estimate of drug-likeness (QED) is 0.792. The summed E-state index contributed by atoms with van der Waals surface area (Å²) < 4.78 is 0. The standard InChI is InChI=1S/C14H28N2/c1-4-16-9-7-13(8-10-16)15-14-6-5-11(2)12(14)3/h11-15H,4-10H2,1-3H3. The Bertz CT molecular complexity index is 209. The molecule has 0 radical (unpaired) electrons. The molecule has 1 aliphatic heterocycles. The zero-order chi connectivity index (χ0) is 11.5. The van der Waals surface area contributed by atoms with Crippen LogP contribution in [0.4, 0.5) is 0 Å². The molecular weight excluding hydrogens is 196 g/mol. The summed E-state index contributed by atoms with van der Waals surface area (Å²) in [5.41, 5.74) is 0. The van der Waals surface area contributed by atoms with Gasteiger partial charge >= 0.3 is 0 Å². The van der Waals surface area contributed by atoms with Gasteiger partial charge in [0.05, 0.1) is 0 Å². The van der Waals surface area contributed by atoms with Crippen molar-refractivity contribution in [2.75, 3.05) is 19.6 Å². The molecule has 16 heavy (non-hydrogen) atoms. The van der Waals surface area contributed by atoms with E-state index < -0.39 is 0 Å². The molecule has 1 heterocycles. The molecule has 0 aromatic rings. The fourth-order valence-corrected chi connectivity index (χ4v) is 3.32. The molecule has 2 nitrogen and oxygen atoms in total. The predicted octanol–water partition coefficient (Wildman–Crippen LogP) is 2.49. The average Bonchev–Trinajstić information content (AvgIpc) is 2.62. The van der Waals surface area contributed by atoms with Crippen molar-refractivity contribution in [3.05, 3.63) is 0 Å². The van der Waals surface area contributed by atoms with Crippen molar-refractivity contribution in [2.24, 2.45) is 11.8 Å². The van der Waals surface area contributed by atoms with Crippen LogP contribution in [0.15, 0.2) is 0 Å². The van der Waals surface area contributed by atoms with Crippen LogP contribution in [0.5, 0.6) is 0 Å². The second-order valence-electron chi connectivity index (χ2n) is 5.90. The molecule has 3 atom stereocenters. The molecule has 94 valence electrons. The maximum absolute atomic E-state index is 3.92. The van der Waals surface area contributed by atoms with Gasteiger partial charge in [0.1, 0.15) is 0 Å². The third-order valence-corrected chi connectivity index (χ3v) is 4.95. The molecule has 0 bridgehead atoms. The van der Waals surface area contributed by atoms with Crippen molar-refractivity contribution in [1.29, 1.82) is 0 Å². The van der Waals surface area contributed by atoms with Gasteiger partial charge in [0, 0.05) is 12.1 Å². The van der Waals surface area contributed by atoms with E-state index in [4.69, 9.17) is 0 Å². The topological polar surface area (TPSA) is 15.3 Å². The monoisotopic (exact) mass is 224 g/mol. The first-order valence-electron chi connectivity index (χ1n) is 7.19. The summed E-state index contributed by atoms with van der Waals surface area (Å²) in [6.45, 7) is 10.9. The Morgan fingerprint density at radius 2 is 1.75 bits per heavy atom. The maximum Gasteiger partial charge on any atom is 0.00979 e. The van der Waals surface area contributed by atoms with Gasteiger partial charge in [-0.25, -0.2) is 0 Å². The Labute approximate surface area is 101 Å². The molecule has 1 N–H and O–H groups in total. The number of nitrogens with one attached hydrogen (secondary N) is 1. The fraction of sp³-hybridized carbons (Fsp3) is 1.00. The summed E-state index contributed by atoms with van der Waals surface area (Å²) in [6, 6.07) is 1.59. The first-order valence-corrected chi connectivity index (χ1v) is 7.19. The van der Waals surface area contributed by atoms with Crippen molar-refractivity contribution >= 4 is 0 Å². The van der Waals surface area contributed by atoms with E-state index in [0.717, 1.165) is 23.9 Å². The maximum atomic E-state index is 3.92. The summed E-state index contributed by atoms with van der Waals surface area (Å²) in [6.07, 6.45) is 5.53. The minimum atomic E-state index is 0.792. The Morgan fingerprint density at radius 1 is 1.06 bits per heavy atom. The van der Waals surface area contributed by atoms with E-state index in [9.17, 15) is 0 Å². The number of rotatable bonds is 3. The number of hydrogen-bond donors (Lipinski definition) is 1. The van der Waals surface area contributed by atoms with Gasteiger partial charge in [-0.3, -0.25) is 0 Å². The molecule has 2 rings (SSSR count). The normalized spacial score (nSPS) is 38.1. The molecule has 2 fully saturated rings. The lowest BCUT2D eigenvalue weighted by molar-refractivity contribution is 0.191. The smallest absolute Gasteiger partial charge is 0.00979 e. The molecule has 3 unspecified atom stereocenters. The van der Waals surface area contributed by atoms with Crippen LogP contribution in [0.25, 0.3) is 0 Å². The van der Waals surface area contributed by atoms with Gasteiger partial charge in [-0.05, 0) is 57.2 Å². The van der Waals surface area contributed by atoms with Gasteiger partial charge in [0.2, 0.25) is 0 Å². The molecular formula is C14H28N2. The Kier molecular flexibility index (Phi) is 4.26. The van der Waals surface area contributed by atoms with Crippen LogP contribution in [0.1, 0.15) is 46.5 Å². The summed E-state index contributed by atoms with van der Waals surface area (Å²) in [5.74, 6) is 1.80. The van der Waals surface area contributed by atoms with E-state index in [1.807, 2.05) is 0 Å². The van der Waals surface area contributed by atoms with E-state index in [1.165, 1.54) is 45.3 Å². The third-order valence-electron chi connectivity index (χ3n) is 4.95. The number of piperidine rings is 1.